The molecule has 19 heavy (non-hydrogen) atoms. The fraction of sp³-hybridized carbons (Fsp3) is 0.462. The van der Waals surface area contributed by atoms with Crippen LogP contribution in [-0.4, -0.2) is 36.5 Å². The van der Waals surface area contributed by atoms with Crippen LogP contribution < -0.4 is 5.32 Å². The number of nitrogens with one attached hydrogen (secondary N) is 1. The monoisotopic (exact) mass is 350 g/mol. The van der Waals surface area contributed by atoms with Gasteiger partial charge in [-0.3, -0.25) is 4.79 Å². The van der Waals surface area contributed by atoms with E-state index in [1.54, 1.807) is 17.0 Å². The second-order valence-electron chi connectivity index (χ2n) is 4.61. The summed E-state index contributed by atoms with van der Waals surface area (Å²) in [6.45, 7) is 4.22. The number of amides is 1. The fourth-order valence-corrected chi connectivity index (χ4v) is 2.52. The minimum Gasteiger partial charge on any atom is -0.340 e. The van der Waals surface area contributed by atoms with E-state index in [2.05, 4.69) is 21.2 Å². The highest BCUT2D eigenvalue weighted by Gasteiger charge is 2.21. The molecule has 1 aromatic rings. The van der Waals surface area contributed by atoms with Crippen molar-refractivity contribution in [3.05, 3.63) is 34.1 Å². The van der Waals surface area contributed by atoms with Gasteiger partial charge in [-0.15, -0.1) is 12.4 Å². The van der Waals surface area contributed by atoms with Crippen molar-refractivity contribution in [2.24, 2.45) is 0 Å². The lowest BCUT2D eigenvalue weighted by Gasteiger charge is -2.32. The van der Waals surface area contributed by atoms with Crippen molar-refractivity contribution in [3.8, 4) is 0 Å². The maximum Gasteiger partial charge on any atom is 0.227 e. The van der Waals surface area contributed by atoms with Crippen LogP contribution in [0.5, 0.6) is 0 Å². The van der Waals surface area contributed by atoms with Crippen LogP contribution >= 0.6 is 28.3 Å². The number of hydrogen-bond acceptors (Lipinski definition) is 2. The SMILES string of the molecule is C[C@@H]1CN(C(=O)Cc2cc(Br)ccc2F)CCN1.Cl. The summed E-state index contributed by atoms with van der Waals surface area (Å²) in [5, 5.41) is 3.28. The molecule has 6 heteroatoms. The molecule has 0 bridgehead atoms. The van der Waals surface area contributed by atoms with Crippen molar-refractivity contribution < 1.29 is 9.18 Å². The number of benzene rings is 1. The third-order valence-electron chi connectivity index (χ3n) is 3.07. The Labute approximate surface area is 127 Å². The smallest absolute Gasteiger partial charge is 0.227 e. The van der Waals surface area contributed by atoms with Gasteiger partial charge in [-0.05, 0) is 30.7 Å². The van der Waals surface area contributed by atoms with E-state index in [1.165, 1.54) is 6.07 Å². The summed E-state index contributed by atoms with van der Waals surface area (Å²) >= 11 is 3.29. The number of nitrogens with zero attached hydrogens (tertiary/aromatic N) is 1. The Hall–Kier alpha value is -0.650. The number of carbonyl (C=O) groups excluding carboxylic acids is 1. The lowest BCUT2D eigenvalue weighted by molar-refractivity contribution is -0.131. The zero-order valence-corrected chi connectivity index (χ0v) is 13.1. The first-order valence-electron chi connectivity index (χ1n) is 6.01. The standard InChI is InChI=1S/C13H16BrFN2O.ClH/c1-9-8-17(5-4-16-9)13(18)7-10-6-11(14)2-3-12(10)15;/h2-3,6,9,16H,4-5,7-8H2,1H3;1H/t9-;/m1./s1. The molecule has 1 N–H and O–H groups in total. The van der Waals surface area contributed by atoms with Gasteiger partial charge < -0.3 is 10.2 Å². The summed E-state index contributed by atoms with van der Waals surface area (Å²) in [6.07, 6.45) is 0.123. The first kappa shape index (κ1) is 16.4. The molecule has 0 saturated carbocycles. The lowest BCUT2D eigenvalue weighted by atomic mass is 10.1. The zero-order chi connectivity index (χ0) is 13.1. The maximum absolute atomic E-state index is 13.6. The maximum atomic E-state index is 13.6. The normalized spacial score (nSPS) is 18.9. The average molecular weight is 352 g/mol. The molecule has 1 aliphatic heterocycles. The fourth-order valence-electron chi connectivity index (χ4n) is 2.11. The van der Waals surface area contributed by atoms with Gasteiger partial charge in [-0.25, -0.2) is 4.39 Å². The molecule has 106 valence electrons. The summed E-state index contributed by atoms with van der Waals surface area (Å²) < 4.78 is 14.4. The van der Waals surface area contributed by atoms with Gasteiger partial charge >= 0.3 is 0 Å². The molecule has 1 amide bonds. The minimum absolute atomic E-state index is 0. The Bertz CT molecular complexity index is 458. The van der Waals surface area contributed by atoms with Gasteiger partial charge in [0.15, 0.2) is 0 Å². The Balaban J connectivity index is 0.00000180. The van der Waals surface area contributed by atoms with Gasteiger partial charge in [0.05, 0.1) is 6.42 Å². The summed E-state index contributed by atoms with van der Waals surface area (Å²) in [6, 6.07) is 4.98. The number of piperazine rings is 1. The van der Waals surface area contributed by atoms with Crippen molar-refractivity contribution in [3.63, 3.8) is 0 Å². The van der Waals surface area contributed by atoms with Crippen LogP contribution in [0.2, 0.25) is 0 Å². The first-order valence-corrected chi connectivity index (χ1v) is 6.80. The van der Waals surface area contributed by atoms with E-state index in [1.807, 2.05) is 6.92 Å². The molecule has 2 rings (SSSR count). The summed E-state index contributed by atoms with van der Waals surface area (Å²) in [4.78, 5) is 13.9. The van der Waals surface area contributed by atoms with Crippen molar-refractivity contribution >= 4 is 34.2 Å². The predicted octanol–water partition coefficient (Wildman–Crippen LogP) is 2.37. The van der Waals surface area contributed by atoms with E-state index < -0.39 is 0 Å². The van der Waals surface area contributed by atoms with Gasteiger partial charge in [0.1, 0.15) is 5.82 Å². The second kappa shape index (κ2) is 7.22. The highest BCUT2D eigenvalue weighted by atomic mass is 79.9. The molecule has 1 atom stereocenters. The summed E-state index contributed by atoms with van der Waals surface area (Å²) in [5.41, 5.74) is 0.445. The molecule has 3 nitrogen and oxygen atoms in total. The lowest BCUT2D eigenvalue weighted by Crippen LogP contribution is -2.51. The van der Waals surface area contributed by atoms with Crippen LogP contribution in [0.1, 0.15) is 12.5 Å². The Kier molecular flexibility index (Phi) is 6.23. The van der Waals surface area contributed by atoms with Crippen LogP contribution in [-0.2, 0) is 11.2 Å². The third kappa shape index (κ3) is 4.44. The quantitative estimate of drug-likeness (QED) is 0.887. The van der Waals surface area contributed by atoms with Gasteiger partial charge in [0.2, 0.25) is 5.91 Å². The van der Waals surface area contributed by atoms with Gasteiger partial charge in [0, 0.05) is 30.1 Å². The molecule has 0 radical (unpaired) electrons. The van der Waals surface area contributed by atoms with Crippen molar-refractivity contribution in [1.82, 2.24) is 10.2 Å². The molecule has 0 unspecified atom stereocenters. The van der Waals surface area contributed by atoms with E-state index in [9.17, 15) is 9.18 Å². The molecule has 1 heterocycles. The van der Waals surface area contributed by atoms with Crippen molar-refractivity contribution in [1.29, 1.82) is 0 Å². The largest absolute Gasteiger partial charge is 0.340 e. The predicted molar refractivity (Wildman–Crippen MR) is 79.1 cm³/mol. The molecule has 1 saturated heterocycles. The molecular formula is C13H17BrClFN2O. The summed E-state index contributed by atoms with van der Waals surface area (Å²) in [7, 11) is 0. The van der Waals surface area contributed by atoms with E-state index in [0.29, 0.717) is 24.7 Å². The number of halogens is 3. The molecule has 0 aromatic heterocycles. The van der Waals surface area contributed by atoms with Crippen LogP contribution in [0.3, 0.4) is 0 Å². The molecule has 1 aromatic carbocycles. The minimum atomic E-state index is -0.324. The van der Waals surface area contributed by atoms with Crippen LogP contribution in [0.15, 0.2) is 22.7 Å². The van der Waals surface area contributed by atoms with Gasteiger partial charge in [0.25, 0.3) is 0 Å². The molecule has 1 fully saturated rings. The topological polar surface area (TPSA) is 32.3 Å². The van der Waals surface area contributed by atoms with Crippen LogP contribution in [0.4, 0.5) is 4.39 Å². The summed E-state index contributed by atoms with van der Waals surface area (Å²) in [5.74, 6) is -0.338. The Morgan fingerprint density at radius 3 is 3.00 bits per heavy atom. The first-order chi connectivity index (χ1) is 8.56. The number of carbonyl (C=O) groups is 1. The molecule has 1 aliphatic rings. The zero-order valence-electron chi connectivity index (χ0n) is 10.7. The van der Waals surface area contributed by atoms with E-state index in [-0.39, 0.29) is 30.6 Å². The van der Waals surface area contributed by atoms with Gasteiger partial charge in [-0.1, -0.05) is 15.9 Å². The van der Waals surface area contributed by atoms with Gasteiger partial charge in [-0.2, -0.15) is 0 Å². The average Bonchev–Trinajstić information content (AvgIpc) is 2.34. The van der Waals surface area contributed by atoms with Crippen LogP contribution in [0, 0.1) is 5.82 Å². The third-order valence-corrected chi connectivity index (χ3v) is 3.56. The highest BCUT2D eigenvalue weighted by molar-refractivity contribution is 9.10. The van der Waals surface area contributed by atoms with Crippen LogP contribution in [0.25, 0.3) is 0 Å². The van der Waals surface area contributed by atoms with E-state index in [4.69, 9.17) is 0 Å². The number of rotatable bonds is 2. The molecular weight excluding hydrogens is 335 g/mol. The van der Waals surface area contributed by atoms with E-state index in [0.717, 1.165) is 11.0 Å². The van der Waals surface area contributed by atoms with E-state index >= 15 is 0 Å². The van der Waals surface area contributed by atoms with Crippen molar-refractivity contribution in [2.75, 3.05) is 19.6 Å². The Morgan fingerprint density at radius 1 is 1.58 bits per heavy atom. The number of hydrogen-bond donors (Lipinski definition) is 1. The molecule has 0 aliphatic carbocycles. The highest BCUT2D eigenvalue weighted by Crippen LogP contribution is 2.17. The van der Waals surface area contributed by atoms with Crippen molar-refractivity contribution in [2.45, 2.75) is 19.4 Å². The Morgan fingerprint density at radius 2 is 2.32 bits per heavy atom. The second-order valence-corrected chi connectivity index (χ2v) is 5.52. The molecule has 0 spiro atoms.